The Morgan fingerprint density at radius 2 is 1.85 bits per heavy atom. The molecule has 0 saturated heterocycles. The summed E-state index contributed by atoms with van der Waals surface area (Å²) in [4.78, 5) is 9.94. The Labute approximate surface area is 124 Å². The second kappa shape index (κ2) is 6.98. The highest BCUT2D eigenvalue weighted by Crippen LogP contribution is 2.27. The molecular formula is C11H18ClN3O4S. The smallest absolute Gasteiger partial charge is 0.289 e. The Morgan fingerprint density at radius 1 is 1.35 bits per heavy atom. The maximum atomic E-state index is 12.1. The van der Waals surface area contributed by atoms with E-state index < -0.39 is 26.7 Å². The minimum Gasteiger partial charge on any atom is -0.329 e. The Bertz CT molecular complexity index is 604. The van der Waals surface area contributed by atoms with Gasteiger partial charge in [0.1, 0.15) is 0 Å². The normalized spacial score (nSPS) is 12.6. The topological polar surface area (TPSA) is 115 Å². The number of hydrogen-bond acceptors (Lipinski definition) is 5. The van der Waals surface area contributed by atoms with E-state index >= 15 is 0 Å². The fourth-order valence-corrected chi connectivity index (χ4v) is 3.00. The van der Waals surface area contributed by atoms with Crippen molar-refractivity contribution in [2.24, 2.45) is 5.73 Å². The molecule has 0 saturated carbocycles. The lowest BCUT2D eigenvalue weighted by atomic mass is 10.1. The number of nitrogens with one attached hydrogen (secondary N) is 1. The first-order valence-electron chi connectivity index (χ1n) is 5.67. The predicted molar refractivity (Wildman–Crippen MR) is 78.7 cm³/mol. The molecule has 0 aliphatic heterocycles. The third-order valence-corrected chi connectivity index (χ3v) is 4.39. The molecule has 0 aliphatic carbocycles. The molecule has 20 heavy (non-hydrogen) atoms. The SMILES string of the molecule is Cc1cc([N+](=O)[O-])c(S(=O)(=O)N[C@@H](C)CN)cc1C.Cl. The monoisotopic (exact) mass is 323 g/mol. The Morgan fingerprint density at radius 3 is 2.30 bits per heavy atom. The molecule has 7 nitrogen and oxygen atoms in total. The average Bonchev–Trinajstić information content (AvgIpc) is 2.30. The molecule has 0 aliphatic rings. The summed E-state index contributed by atoms with van der Waals surface area (Å²) in [5.41, 5.74) is 6.25. The van der Waals surface area contributed by atoms with E-state index in [1.165, 1.54) is 12.1 Å². The number of nitrogens with zero attached hydrogens (tertiary/aromatic N) is 1. The van der Waals surface area contributed by atoms with E-state index in [-0.39, 0.29) is 23.8 Å². The number of nitro benzene ring substituents is 1. The van der Waals surface area contributed by atoms with Crippen molar-refractivity contribution in [1.82, 2.24) is 4.72 Å². The lowest BCUT2D eigenvalue weighted by molar-refractivity contribution is -0.387. The van der Waals surface area contributed by atoms with Crippen LogP contribution in [0.25, 0.3) is 0 Å². The van der Waals surface area contributed by atoms with Crippen molar-refractivity contribution in [3.05, 3.63) is 33.4 Å². The molecule has 1 rings (SSSR count). The zero-order valence-electron chi connectivity index (χ0n) is 11.4. The van der Waals surface area contributed by atoms with Gasteiger partial charge in [-0.05, 0) is 38.0 Å². The van der Waals surface area contributed by atoms with Crippen LogP contribution in [0.2, 0.25) is 0 Å². The van der Waals surface area contributed by atoms with Crippen molar-refractivity contribution >= 4 is 28.1 Å². The van der Waals surface area contributed by atoms with Crippen molar-refractivity contribution in [3.63, 3.8) is 0 Å². The molecule has 0 spiro atoms. The van der Waals surface area contributed by atoms with Crippen molar-refractivity contribution in [2.75, 3.05) is 6.54 Å². The molecule has 114 valence electrons. The van der Waals surface area contributed by atoms with Gasteiger partial charge in [0.2, 0.25) is 10.0 Å². The first kappa shape index (κ1) is 18.8. The third-order valence-electron chi connectivity index (χ3n) is 2.77. The number of halogens is 1. The third kappa shape index (κ3) is 4.14. The van der Waals surface area contributed by atoms with Crippen LogP contribution in [0.15, 0.2) is 17.0 Å². The van der Waals surface area contributed by atoms with Crippen LogP contribution < -0.4 is 10.5 Å². The van der Waals surface area contributed by atoms with E-state index in [2.05, 4.69) is 4.72 Å². The molecule has 1 aromatic carbocycles. The van der Waals surface area contributed by atoms with Crippen molar-refractivity contribution in [1.29, 1.82) is 0 Å². The lowest BCUT2D eigenvalue weighted by Gasteiger charge is -2.13. The zero-order valence-corrected chi connectivity index (χ0v) is 13.0. The first-order chi connectivity index (χ1) is 8.69. The maximum Gasteiger partial charge on any atom is 0.289 e. The standard InChI is InChI=1S/C11H17N3O4S.ClH/c1-7-4-10(14(15)16)11(5-8(7)2)19(17,18)13-9(3)6-12;/h4-5,9,13H,6,12H2,1-3H3;1H/t9-;/m0./s1. The van der Waals surface area contributed by atoms with E-state index in [4.69, 9.17) is 5.73 Å². The number of sulfonamides is 1. The second-order valence-corrected chi connectivity index (χ2v) is 6.10. The summed E-state index contributed by atoms with van der Waals surface area (Å²) >= 11 is 0. The molecule has 0 radical (unpaired) electrons. The van der Waals surface area contributed by atoms with E-state index in [0.29, 0.717) is 11.1 Å². The highest BCUT2D eigenvalue weighted by molar-refractivity contribution is 7.89. The number of hydrogen-bond donors (Lipinski definition) is 2. The summed E-state index contributed by atoms with van der Waals surface area (Å²) in [5.74, 6) is 0. The van der Waals surface area contributed by atoms with Gasteiger partial charge in [-0.2, -0.15) is 0 Å². The minimum absolute atomic E-state index is 0. The summed E-state index contributed by atoms with van der Waals surface area (Å²) in [6.07, 6.45) is 0. The summed E-state index contributed by atoms with van der Waals surface area (Å²) in [6, 6.07) is 2.07. The van der Waals surface area contributed by atoms with Crippen molar-refractivity contribution in [3.8, 4) is 0 Å². The molecule has 0 fully saturated rings. The molecule has 3 N–H and O–H groups in total. The fraction of sp³-hybridized carbons (Fsp3) is 0.455. The number of aryl methyl sites for hydroxylation is 2. The average molecular weight is 324 g/mol. The zero-order chi connectivity index (χ0) is 14.8. The molecule has 0 heterocycles. The summed E-state index contributed by atoms with van der Waals surface area (Å²) in [7, 11) is -3.96. The van der Waals surface area contributed by atoms with Crippen molar-refractivity contribution < 1.29 is 13.3 Å². The largest absolute Gasteiger partial charge is 0.329 e. The minimum atomic E-state index is -3.96. The fourth-order valence-electron chi connectivity index (χ4n) is 1.51. The van der Waals surface area contributed by atoms with Gasteiger partial charge in [-0.25, -0.2) is 13.1 Å². The summed E-state index contributed by atoms with van der Waals surface area (Å²) in [5, 5.41) is 11.0. The van der Waals surface area contributed by atoms with Gasteiger partial charge in [0, 0.05) is 18.7 Å². The molecule has 1 atom stereocenters. The van der Waals surface area contributed by atoms with Gasteiger partial charge < -0.3 is 5.73 Å². The molecule has 0 amide bonds. The maximum absolute atomic E-state index is 12.1. The van der Waals surface area contributed by atoms with Crippen LogP contribution in [0, 0.1) is 24.0 Å². The highest BCUT2D eigenvalue weighted by atomic mass is 35.5. The molecule has 0 unspecified atom stereocenters. The van der Waals surface area contributed by atoms with Gasteiger partial charge in [-0.15, -0.1) is 12.4 Å². The van der Waals surface area contributed by atoms with Gasteiger partial charge in [-0.1, -0.05) is 0 Å². The van der Waals surface area contributed by atoms with Crippen LogP contribution in [0.5, 0.6) is 0 Å². The van der Waals surface area contributed by atoms with Crippen LogP contribution >= 0.6 is 12.4 Å². The van der Waals surface area contributed by atoms with E-state index in [9.17, 15) is 18.5 Å². The second-order valence-electron chi connectivity index (χ2n) is 4.42. The van der Waals surface area contributed by atoms with E-state index in [0.717, 1.165) is 0 Å². The molecule has 0 aromatic heterocycles. The van der Waals surface area contributed by atoms with Gasteiger partial charge in [0.05, 0.1) is 4.92 Å². The Kier molecular flexibility index (Phi) is 6.55. The van der Waals surface area contributed by atoms with Crippen molar-refractivity contribution in [2.45, 2.75) is 31.7 Å². The lowest BCUT2D eigenvalue weighted by Crippen LogP contribution is -2.38. The first-order valence-corrected chi connectivity index (χ1v) is 7.15. The number of benzene rings is 1. The van der Waals surface area contributed by atoms with E-state index in [1.54, 1.807) is 20.8 Å². The summed E-state index contributed by atoms with van der Waals surface area (Å²) < 4.78 is 26.5. The number of rotatable bonds is 5. The predicted octanol–water partition coefficient (Wildman–Crippen LogP) is 1.26. The number of nitro groups is 1. The molecular weight excluding hydrogens is 306 g/mol. The van der Waals surface area contributed by atoms with Crippen LogP contribution in [-0.2, 0) is 10.0 Å². The Hall–Kier alpha value is -1.22. The quantitative estimate of drug-likeness (QED) is 0.625. The molecule has 9 heteroatoms. The van der Waals surface area contributed by atoms with Gasteiger partial charge in [0.15, 0.2) is 4.90 Å². The van der Waals surface area contributed by atoms with E-state index in [1.807, 2.05) is 0 Å². The van der Waals surface area contributed by atoms with Crippen LogP contribution in [0.3, 0.4) is 0 Å². The van der Waals surface area contributed by atoms with Gasteiger partial charge >= 0.3 is 0 Å². The highest BCUT2D eigenvalue weighted by Gasteiger charge is 2.27. The summed E-state index contributed by atoms with van der Waals surface area (Å²) in [6.45, 7) is 5.08. The van der Waals surface area contributed by atoms with Gasteiger partial charge in [0.25, 0.3) is 5.69 Å². The molecule has 0 bridgehead atoms. The van der Waals surface area contributed by atoms with Crippen LogP contribution in [0.4, 0.5) is 5.69 Å². The molecule has 1 aromatic rings. The Balaban J connectivity index is 0.00000361. The number of nitrogens with two attached hydrogens (primary N) is 1. The van der Waals surface area contributed by atoms with Crippen LogP contribution in [-0.4, -0.2) is 25.9 Å². The van der Waals surface area contributed by atoms with Gasteiger partial charge in [-0.3, -0.25) is 10.1 Å². The van der Waals surface area contributed by atoms with Crippen LogP contribution in [0.1, 0.15) is 18.1 Å².